The van der Waals surface area contributed by atoms with Crippen molar-refractivity contribution in [2.45, 2.75) is 50.9 Å². The van der Waals surface area contributed by atoms with E-state index in [9.17, 15) is 9.59 Å². The van der Waals surface area contributed by atoms with Gasteiger partial charge in [0.05, 0.1) is 5.52 Å². The van der Waals surface area contributed by atoms with E-state index in [2.05, 4.69) is 55.0 Å². The van der Waals surface area contributed by atoms with Crippen molar-refractivity contribution in [3.05, 3.63) is 58.6 Å². The maximum Gasteiger partial charge on any atom is 0.222 e. The van der Waals surface area contributed by atoms with Crippen molar-refractivity contribution in [2.75, 3.05) is 25.4 Å². The first-order valence-electron chi connectivity index (χ1n) is 13.0. The molecule has 0 bridgehead atoms. The average Bonchev–Trinajstić information content (AvgIpc) is 3.24. The number of para-hydroxylation sites is 1. The fourth-order valence-corrected chi connectivity index (χ4v) is 5.97. The molecule has 0 spiro atoms. The molecule has 2 amide bonds. The topological polar surface area (TPSA) is 84.2 Å². The predicted molar refractivity (Wildman–Crippen MR) is 154 cm³/mol. The van der Waals surface area contributed by atoms with Crippen LogP contribution < -0.4 is 0 Å². The third-order valence-corrected chi connectivity index (χ3v) is 8.43. The van der Waals surface area contributed by atoms with E-state index >= 15 is 0 Å². The zero-order valence-electron chi connectivity index (χ0n) is 21.6. The van der Waals surface area contributed by atoms with Crippen molar-refractivity contribution in [1.82, 2.24) is 29.5 Å². The van der Waals surface area contributed by atoms with E-state index in [1.807, 2.05) is 47.9 Å². The van der Waals surface area contributed by atoms with E-state index in [-0.39, 0.29) is 17.9 Å². The predicted octanol–water partition coefficient (Wildman–Crippen LogP) is 5.13. The van der Waals surface area contributed by atoms with Gasteiger partial charge >= 0.3 is 0 Å². The first-order chi connectivity index (χ1) is 18.4. The number of halogens is 1. The van der Waals surface area contributed by atoms with Gasteiger partial charge in [-0.15, -0.1) is 10.2 Å². The maximum atomic E-state index is 12.8. The normalized spacial score (nSPS) is 15.9. The number of carbonyl (C=O) groups excluding carboxylic acids is 2. The number of benzene rings is 2. The summed E-state index contributed by atoms with van der Waals surface area (Å²) in [7, 11) is 0. The van der Waals surface area contributed by atoms with Gasteiger partial charge in [0.15, 0.2) is 5.65 Å². The minimum Gasteiger partial charge on any atom is -0.339 e. The van der Waals surface area contributed by atoms with E-state index < -0.39 is 0 Å². The molecular weight excluding hydrogens is 564 g/mol. The smallest absolute Gasteiger partial charge is 0.222 e. The molecule has 38 heavy (non-hydrogen) atoms. The number of amides is 2. The number of aromatic nitrogens is 4. The summed E-state index contributed by atoms with van der Waals surface area (Å²) < 4.78 is 3.24. The van der Waals surface area contributed by atoms with Gasteiger partial charge in [0.25, 0.3) is 0 Å². The minimum absolute atomic E-state index is 0.0601. The van der Waals surface area contributed by atoms with Gasteiger partial charge in [0.2, 0.25) is 17.0 Å². The van der Waals surface area contributed by atoms with Crippen LogP contribution in [0.15, 0.2) is 58.2 Å². The number of hydrogen-bond donors (Lipinski definition) is 0. The largest absolute Gasteiger partial charge is 0.339 e. The number of carbonyl (C=O) groups is 2. The van der Waals surface area contributed by atoms with Crippen molar-refractivity contribution >= 4 is 61.6 Å². The van der Waals surface area contributed by atoms with Crippen LogP contribution in [0.5, 0.6) is 0 Å². The monoisotopic (exact) mass is 594 g/mol. The lowest BCUT2D eigenvalue weighted by Gasteiger charge is -2.40. The lowest BCUT2D eigenvalue weighted by Crippen LogP contribution is -2.55. The Morgan fingerprint density at radius 1 is 1.05 bits per heavy atom. The molecule has 5 rings (SSSR count). The van der Waals surface area contributed by atoms with E-state index in [0.717, 1.165) is 38.7 Å². The van der Waals surface area contributed by atoms with Gasteiger partial charge in [-0.3, -0.25) is 9.59 Å². The lowest BCUT2D eigenvalue weighted by molar-refractivity contribution is -0.142. The molecule has 1 fully saturated rings. The molecule has 0 aliphatic carbocycles. The Kier molecular flexibility index (Phi) is 8.28. The van der Waals surface area contributed by atoms with Crippen LogP contribution >= 0.6 is 27.7 Å². The molecular formula is C28H31BrN6O2S. The molecule has 1 saturated heterocycles. The molecule has 4 aromatic rings. The minimum atomic E-state index is 0.0601. The Hall–Kier alpha value is -2.98. The summed E-state index contributed by atoms with van der Waals surface area (Å²) in [4.78, 5) is 33.5. The van der Waals surface area contributed by atoms with Crippen LogP contribution in [0.25, 0.3) is 22.1 Å². The van der Waals surface area contributed by atoms with Crippen LogP contribution in [0.4, 0.5) is 0 Å². The molecule has 8 nitrogen and oxygen atoms in total. The van der Waals surface area contributed by atoms with Gasteiger partial charge in [-0.1, -0.05) is 64.9 Å². The fraction of sp³-hybridized carbons (Fsp3) is 0.393. The Bertz CT molecular complexity index is 1460. The Labute approximate surface area is 234 Å². The van der Waals surface area contributed by atoms with Crippen molar-refractivity contribution < 1.29 is 9.59 Å². The van der Waals surface area contributed by atoms with Crippen LogP contribution in [0.1, 0.15) is 38.7 Å². The van der Waals surface area contributed by atoms with E-state index in [1.54, 1.807) is 0 Å². The van der Waals surface area contributed by atoms with Gasteiger partial charge < -0.3 is 14.4 Å². The summed E-state index contributed by atoms with van der Waals surface area (Å²) in [6, 6.07) is 16.6. The van der Waals surface area contributed by atoms with Crippen molar-refractivity contribution in [3.8, 4) is 0 Å². The third-order valence-electron chi connectivity index (χ3n) is 6.98. The molecule has 0 saturated carbocycles. The zero-order chi connectivity index (χ0) is 26.6. The standard InChI is InChI=1S/C28H31BrN6O2S/c1-3-24(36)34-15-14-33(17-19(34)2)25(37)9-6-16-38-28-30-27-26(31-32-28)22-7-4-5-8-23(22)35(27)18-20-10-12-21(29)13-11-20/h4-5,7-8,10-13,19H,3,6,9,14-18H2,1-2H3. The third kappa shape index (κ3) is 5.71. The second-order valence-corrected chi connectivity index (χ2v) is 11.6. The zero-order valence-corrected chi connectivity index (χ0v) is 24.0. The Morgan fingerprint density at radius 3 is 2.61 bits per heavy atom. The highest BCUT2D eigenvalue weighted by Gasteiger charge is 2.28. The molecule has 3 heterocycles. The highest BCUT2D eigenvalue weighted by atomic mass is 79.9. The van der Waals surface area contributed by atoms with Crippen molar-refractivity contribution in [3.63, 3.8) is 0 Å². The molecule has 198 valence electrons. The van der Waals surface area contributed by atoms with Crippen LogP contribution in [0.2, 0.25) is 0 Å². The number of fused-ring (bicyclic) bond motifs is 3. The van der Waals surface area contributed by atoms with Gasteiger partial charge in [0.1, 0.15) is 5.52 Å². The van der Waals surface area contributed by atoms with E-state index in [1.165, 1.54) is 17.3 Å². The van der Waals surface area contributed by atoms with Crippen LogP contribution in [0.3, 0.4) is 0 Å². The Morgan fingerprint density at radius 2 is 1.84 bits per heavy atom. The molecule has 2 aromatic heterocycles. The van der Waals surface area contributed by atoms with Crippen LogP contribution in [0, 0.1) is 0 Å². The lowest BCUT2D eigenvalue weighted by atomic mass is 10.1. The second-order valence-electron chi connectivity index (χ2n) is 9.58. The number of thioether (sulfide) groups is 1. The first-order valence-corrected chi connectivity index (χ1v) is 14.8. The molecule has 1 unspecified atom stereocenters. The fourth-order valence-electron chi connectivity index (χ4n) is 4.99. The number of nitrogens with zero attached hydrogens (tertiary/aromatic N) is 6. The van der Waals surface area contributed by atoms with E-state index in [4.69, 9.17) is 4.98 Å². The molecule has 2 aromatic carbocycles. The molecule has 1 aliphatic rings. The molecule has 10 heteroatoms. The average molecular weight is 596 g/mol. The summed E-state index contributed by atoms with van der Waals surface area (Å²) >= 11 is 5.04. The van der Waals surface area contributed by atoms with Gasteiger partial charge in [0, 0.05) is 60.7 Å². The first kappa shape index (κ1) is 26.6. The highest BCUT2D eigenvalue weighted by Crippen LogP contribution is 2.28. The number of piperazine rings is 1. The SMILES string of the molecule is CCC(=O)N1CCN(C(=O)CCCSc2nnc3c4ccccc4n(Cc4ccc(Br)cc4)c3n2)CC1C. The number of hydrogen-bond acceptors (Lipinski definition) is 6. The van der Waals surface area contributed by atoms with Gasteiger partial charge in [-0.2, -0.15) is 0 Å². The summed E-state index contributed by atoms with van der Waals surface area (Å²) in [5, 5.41) is 10.6. The quantitative estimate of drug-likeness (QED) is 0.208. The second kappa shape index (κ2) is 11.8. The maximum absolute atomic E-state index is 12.8. The molecule has 1 aliphatic heterocycles. The summed E-state index contributed by atoms with van der Waals surface area (Å²) in [5.41, 5.74) is 3.87. The van der Waals surface area contributed by atoms with Gasteiger partial charge in [-0.05, 0) is 37.1 Å². The molecule has 1 atom stereocenters. The van der Waals surface area contributed by atoms with Crippen molar-refractivity contribution in [2.24, 2.45) is 0 Å². The summed E-state index contributed by atoms with van der Waals surface area (Å²) in [6.45, 7) is 6.40. The van der Waals surface area contributed by atoms with Gasteiger partial charge in [-0.25, -0.2) is 4.98 Å². The van der Waals surface area contributed by atoms with E-state index in [0.29, 0.717) is 44.2 Å². The molecule has 0 radical (unpaired) electrons. The Balaban J connectivity index is 1.23. The van der Waals surface area contributed by atoms with Crippen LogP contribution in [-0.4, -0.2) is 72.8 Å². The molecule has 0 N–H and O–H groups in total. The summed E-state index contributed by atoms with van der Waals surface area (Å²) in [6.07, 6.45) is 1.71. The number of rotatable bonds is 8. The van der Waals surface area contributed by atoms with Crippen molar-refractivity contribution in [1.29, 1.82) is 0 Å². The van der Waals surface area contributed by atoms with Crippen LogP contribution in [-0.2, 0) is 16.1 Å². The summed E-state index contributed by atoms with van der Waals surface area (Å²) in [5.74, 6) is 1.03. The highest BCUT2D eigenvalue weighted by molar-refractivity contribution is 9.10.